The molecule has 4 aromatic heterocycles. The monoisotopic (exact) mass is 650 g/mol. The molecule has 0 atom stereocenters. The van der Waals surface area contributed by atoms with E-state index in [4.69, 9.17) is 10.2 Å². The molecule has 0 aliphatic heterocycles. The maximum Gasteiger partial charge on any atom is 0.225 e. The fourth-order valence-electron chi connectivity index (χ4n) is 4.56. The molecule has 0 saturated heterocycles. The summed E-state index contributed by atoms with van der Waals surface area (Å²) in [6.45, 7) is 1.96. The third-order valence-electron chi connectivity index (χ3n) is 6.83. The van der Waals surface area contributed by atoms with Crippen LogP contribution in [-0.2, 0) is 13.1 Å². The van der Waals surface area contributed by atoms with Crippen LogP contribution in [0.25, 0.3) is 22.1 Å². The Morgan fingerprint density at radius 1 is 0.479 bits per heavy atom. The van der Waals surface area contributed by atoms with Crippen LogP contribution in [0.3, 0.4) is 0 Å². The molecule has 0 radical (unpaired) electrons. The first-order valence-electron chi connectivity index (χ1n) is 15.3. The molecule has 0 bridgehead atoms. The number of rotatable bonds is 14. The maximum absolute atomic E-state index is 8.99. The highest BCUT2D eigenvalue weighted by molar-refractivity contribution is 5.94. The van der Waals surface area contributed by atoms with E-state index in [0.29, 0.717) is 83.4 Å². The first-order valence-corrected chi connectivity index (χ1v) is 15.3. The van der Waals surface area contributed by atoms with Gasteiger partial charge in [-0.2, -0.15) is 9.97 Å². The molecular formula is C32H38N14O2. The highest BCUT2D eigenvalue weighted by Crippen LogP contribution is 2.26. The Labute approximate surface area is 277 Å². The van der Waals surface area contributed by atoms with E-state index in [1.807, 2.05) is 60.7 Å². The third-order valence-corrected chi connectivity index (χ3v) is 6.83. The van der Waals surface area contributed by atoms with Crippen molar-refractivity contribution in [3.8, 4) is 0 Å². The first kappa shape index (κ1) is 33.4. The number of fused-ring (bicyclic) bond motifs is 2. The van der Waals surface area contributed by atoms with E-state index in [-0.39, 0.29) is 13.2 Å². The Hall–Kier alpha value is -6.00. The Kier molecular flexibility index (Phi) is 11.9. The molecule has 16 nitrogen and oxygen atoms in total. The Morgan fingerprint density at radius 2 is 0.896 bits per heavy atom. The lowest BCUT2D eigenvalue weighted by Crippen LogP contribution is -2.12. The second-order valence-corrected chi connectivity index (χ2v) is 10.1. The lowest BCUT2D eigenvalue weighted by atomic mass is 10.2. The topological polar surface area (TPSA) is 216 Å². The normalized spacial score (nSPS) is 10.6. The van der Waals surface area contributed by atoms with Crippen LogP contribution in [0.2, 0.25) is 0 Å². The third kappa shape index (κ3) is 8.62. The predicted molar refractivity (Wildman–Crippen MR) is 188 cm³/mol. The fraction of sp³-hybridized carbons (Fsp3) is 0.250. The highest BCUT2D eigenvalue weighted by atomic mass is 16.3. The van der Waals surface area contributed by atoms with Crippen LogP contribution in [0, 0.1) is 0 Å². The second kappa shape index (κ2) is 17.1. The van der Waals surface area contributed by atoms with E-state index >= 15 is 0 Å². The molecule has 48 heavy (non-hydrogen) atoms. The van der Waals surface area contributed by atoms with E-state index in [1.165, 1.54) is 12.7 Å². The Bertz CT molecular complexity index is 1760. The standard InChI is InChI=1S/2C16H19N7O/c2*1-17-14-13-12(20-10-21-14)15(23-16(22-13)18-7-8-24)19-9-11-5-3-2-4-6-11/h2*2-6,10,24H,7-9H2,1H3,(H,17,20,21)(H2,18,19,22,23). The van der Waals surface area contributed by atoms with Gasteiger partial charge < -0.3 is 42.1 Å². The van der Waals surface area contributed by atoms with Crippen molar-refractivity contribution in [2.75, 3.05) is 72.3 Å². The van der Waals surface area contributed by atoms with Crippen LogP contribution >= 0.6 is 0 Å². The number of nitrogens with zero attached hydrogens (tertiary/aromatic N) is 8. The Balaban J connectivity index is 0.000000188. The maximum atomic E-state index is 8.99. The van der Waals surface area contributed by atoms with Gasteiger partial charge in [-0.1, -0.05) is 60.7 Å². The molecule has 0 aliphatic carbocycles. The molecule has 16 heteroatoms. The van der Waals surface area contributed by atoms with Crippen molar-refractivity contribution < 1.29 is 10.2 Å². The van der Waals surface area contributed by atoms with Gasteiger partial charge in [0.2, 0.25) is 11.9 Å². The van der Waals surface area contributed by atoms with Gasteiger partial charge in [0.25, 0.3) is 0 Å². The zero-order valence-corrected chi connectivity index (χ0v) is 26.6. The minimum Gasteiger partial charge on any atom is -0.395 e. The lowest BCUT2D eigenvalue weighted by molar-refractivity contribution is 0.310. The molecule has 0 aliphatic rings. The number of aliphatic hydroxyl groups is 2. The molecule has 6 aromatic rings. The zero-order chi connectivity index (χ0) is 33.6. The number of benzene rings is 2. The molecule has 4 heterocycles. The van der Waals surface area contributed by atoms with Crippen molar-refractivity contribution in [1.82, 2.24) is 39.9 Å². The van der Waals surface area contributed by atoms with E-state index in [9.17, 15) is 0 Å². The fourth-order valence-corrected chi connectivity index (χ4v) is 4.56. The predicted octanol–water partition coefficient (Wildman–Crippen LogP) is 2.96. The molecule has 0 unspecified atom stereocenters. The number of aliphatic hydroxyl groups excluding tert-OH is 2. The first-order chi connectivity index (χ1) is 23.6. The molecule has 2 aromatic carbocycles. The Morgan fingerprint density at radius 3 is 1.27 bits per heavy atom. The van der Waals surface area contributed by atoms with Gasteiger partial charge >= 0.3 is 0 Å². The van der Waals surface area contributed by atoms with Gasteiger partial charge in [-0.15, -0.1) is 0 Å². The van der Waals surface area contributed by atoms with Crippen molar-refractivity contribution >= 4 is 57.2 Å². The molecule has 0 spiro atoms. The lowest BCUT2D eigenvalue weighted by Gasteiger charge is -2.12. The van der Waals surface area contributed by atoms with Gasteiger partial charge in [0.15, 0.2) is 23.3 Å². The molecule has 0 saturated carbocycles. The summed E-state index contributed by atoms with van der Waals surface area (Å²) in [5, 5.41) is 36.6. The molecule has 0 amide bonds. The average molecular weight is 651 g/mol. The summed E-state index contributed by atoms with van der Waals surface area (Å²) in [5.41, 5.74) is 4.78. The number of hydrogen-bond donors (Lipinski definition) is 8. The van der Waals surface area contributed by atoms with Gasteiger partial charge in [0, 0.05) is 40.3 Å². The molecule has 8 N–H and O–H groups in total. The van der Waals surface area contributed by atoms with Crippen LogP contribution in [0.4, 0.5) is 35.2 Å². The van der Waals surface area contributed by atoms with E-state index in [2.05, 4.69) is 71.8 Å². The molecule has 6 rings (SSSR count). The van der Waals surface area contributed by atoms with Crippen molar-refractivity contribution in [2.24, 2.45) is 0 Å². The van der Waals surface area contributed by atoms with Crippen LogP contribution in [0.5, 0.6) is 0 Å². The molecule has 0 fully saturated rings. The van der Waals surface area contributed by atoms with Gasteiger partial charge in [0.05, 0.1) is 13.2 Å². The van der Waals surface area contributed by atoms with Gasteiger partial charge in [-0.3, -0.25) is 0 Å². The summed E-state index contributed by atoms with van der Waals surface area (Å²) in [4.78, 5) is 34.8. The molecule has 248 valence electrons. The van der Waals surface area contributed by atoms with Gasteiger partial charge in [0.1, 0.15) is 34.7 Å². The largest absolute Gasteiger partial charge is 0.395 e. The van der Waals surface area contributed by atoms with Crippen molar-refractivity contribution in [3.05, 3.63) is 84.4 Å². The summed E-state index contributed by atoms with van der Waals surface area (Å²) >= 11 is 0. The SMILES string of the molecule is CNc1ncnc2c(NCc3ccccc3)nc(NCCO)nc12.CNc1ncnc2c(NCc3ccccc3)nc(NCCO)nc12. The summed E-state index contributed by atoms with van der Waals surface area (Å²) in [7, 11) is 3.56. The summed E-state index contributed by atoms with van der Waals surface area (Å²) in [6, 6.07) is 20.1. The van der Waals surface area contributed by atoms with E-state index in [0.717, 1.165) is 11.1 Å². The van der Waals surface area contributed by atoms with Crippen molar-refractivity contribution in [1.29, 1.82) is 0 Å². The van der Waals surface area contributed by atoms with Crippen molar-refractivity contribution in [3.63, 3.8) is 0 Å². The number of hydrogen-bond acceptors (Lipinski definition) is 16. The number of anilines is 6. The number of aromatic nitrogens is 8. The zero-order valence-electron chi connectivity index (χ0n) is 26.6. The quantitative estimate of drug-likeness (QED) is 0.0850. The van der Waals surface area contributed by atoms with Crippen molar-refractivity contribution in [2.45, 2.75) is 13.1 Å². The number of nitrogens with one attached hydrogen (secondary N) is 6. The van der Waals surface area contributed by atoms with Crippen LogP contribution in [-0.4, -0.2) is 90.5 Å². The van der Waals surface area contributed by atoms with Gasteiger partial charge in [-0.25, -0.2) is 29.9 Å². The minimum atomic E-state index is -0.00164. The van der Waals surface area contributed by atoms with E-state index < -0.39 is 0 Å². The second-order valence-electron chi connectivity index (χ2n) is 10.1. The van der Waals surface area contributed by atoms with E-state index in [1.54, 1.807) is 14.1 Å². The van der Waals surface area contributed by atoms with Gasteiger partial charge in [-0.05, 0) is 11.1 Å². The summed E-state index contributed by atoms with van der Waals surface area (Å²) in [5.74, 6) is 3.30. The molecular weight excluding hydrogens is 612 g/mol. The highest BCUT2D eigenvalue weighted by Gasteiger charge is 2.14. The summed E-state index contributed by atoms with van der Waals surface area (Å²) in [6.07, 6.45) is 2.96. The van der Waals surface area contributed by atoms with Crippen LogP contribution in [0.1, 0.15) is 11.1 Å². The summed E-state index contributed by atoms with van der Waals surface area (Å²) < 4.78 is 0. The van der Waals surface area contributed by atoms with Crippen LogP contribution < -0.4 is 31.9 Å². The minimum absolute atomic E-state index is 0.00164. The average Bonchev–Trinajstić information content (AvgIpc) is 3.14. The van der Waals surface area contributed by atoms with Crippen LogP contribution in [0.15, 0.2) is 73.3 Å². The smallest absolute Gasteiger partial charge is 0.225 e.